The zero-order valence-corrected chi connectivity index (χ0v) is 20.1. The van der Waals surface area contributed by atoms with Gasteiger partial charge in [-0.05, 0) is 91.2 Å². The second-order valence-corrected chi connectivity index (χ2v) is 11.4. The van der Waals surface area contributed by atoms with Crippen molar-refractivity contribution in [2.75, 3.05) is 12.4 Å². The summed E-state index contributed by atoms with van der Waals surface area (Å²) in [7, 11) is 2.05. The van der Waals surface area contributed by atoms with Crippen LogP contribution in [0.3, 0.4) is 0 Å². The predicted octanol–water partition coefficient (Wildman–Crippen LogP) is 5.89. The number of carbonyl (C=O) groups is 2. The van der Waals surface area contributed by atoms with Crippen molar-refractivity contribution < 1.29 is 9.59 Å². The van der Waals surface area contributed by atoms with Crippen LogP contribution in [0.25, 0.3) is 6.08 Å². The van der Waals surface area contributed by atoms with E-state index in [9.17, 15) is 9.59 Å². The Kier molecular flexibility index (Phi) is 5.26. The van der Waals surface area contributed by atoms with E-state index in [2.05, 4.69) is 42.3 Å². The number of carbonyl (C=O) groups excluding carboxylic acids is 2. The van der Waals surface area contributed by atoms with Crippen molar-refractivity contribution in [2.24, 2.45) is 28.6 Å². The largest absolute Gasteiger partial charge is 0.342 e. The molecule has 1 aliphatic heterocycles. The van der Waals surface area contributed by atoms with Gasteiger partial charge in [0.05, 0.1) is 0 Å². The molecule has 4 nitrogen and oxygen atoms in total. The van der Waals surface area contributed by atoms with Crippen molar-refractivity contribution in [3.05, 3.63) is 35.4 Å². The van der Waals surface area contributed by atoms with Gasteiger partial charge in [-0.25, -0.2) is 0 Å². The molecule has 1 N–H and O–H groups in total. The van der Waals surface area contributed by atoms with Gasteiger partial charge in [0, 0.05) is 32.1 Å². The fourth-order valence-corrected chi connectivity index (χ4v) is 8.30. The molecular weight excluding hydrogens is 396 g/mol. The molecule has 3 aliphatic carbocycles. The van der Waals surface area contributed by atoms with Crippen LogP contribution in [0.2, 0.25) is 0 Å². The molecule has 6 atom stereocenters. The average Bonchev–Trinajstić information content (AvgIpc) is 3.08. The van der Waals surface area contributed by atoms with Crippen molar-refractivity contribution in [3.63, 3.8) is 0 Å². The minimum atomic E-state index is -0.0315. The van der Waals surface area contributed by atoms with E-state index in [4.69, 9.17) is 0 Å². The van der Waals surface area contributed by atoms with E-state index in [-0.39, 0.29) is 5.91 Å². The molecule has 32 heavy (non-hydrogen) atoms. The zero-order chi connectivity index (χ0) is 22.7. The Bertz CT molecular complexity index is 951. The summed E-state index contributed by atoms with van der Waals surface area (Å²) in [6.45, 7) is 6.58. The number of hydrogen-bond donors (Lipinski definition) is 1. The van der Waals surface area contributed by atoms with Gasteiger partial charge in [-0.15, -0.1) is 0 Å². The number of fused-ring (bicyclic) bond motifs is 5. The number of rotatable bonds is 2. The molecule has 0 bridgehead atoms. The lowest BCUT2D eigenvalue weighted by molar-refractivity contribution is -0.156. The number of anilines is 1. The van der Waals surface area contributed by atoms with Crippen LogP contribution in [0, 0.1) is 28.6 Å². The number of benzene rings is 1. The minimum absolute atomic E-state index is 0.0315. The van der Waals surface area contributed by atoms with Gasteiger partial charge in [-0.1, -0.05) is 37.6 Å². The topological polar surface area (TPSA) is 49.4 Å². The number of nitrogens with one attached hydrogen (secondary N) is 1. The third-order valence-corrected chi connectivity index (χ3v) is 9.98. The van der Waals surface area contributed by atoms with Crippen LogP contribution in [0.4, 0.5) is 5.69 Å². The summed E-state index contributed by atoms with van der Waals surface area (Å²) in [4.78, 5) is 25.8. The number of allylic oxidation sites excluding steroid dienone is 1. The van der Waals surface area contributed by atoms with Crippen molar-refractivity contribution >= 4 is 23.6 Å². The highest BCUT2D eigenvalue weighted by Gasteiger charge is 2.59. The number of hydrogen-bond acceptors (Lipinski definition) is 2. The Morgan fingerprint density at radius 3 is 2.50 bits per heavy atom. The Hall–Kier alpha value is -2.10. The number of piperidine rings is 1. The predicted molar refractivity (Wildman–Crippen MR) is 129 cm³/mol. The van der Waals surface area contributed by atoms with Gasteiger partial charge in [-0.2, -0.15) is 0 Å². The molecule has 2 amide bonds. The van der Waals surface area contributed by atoms with Crippen molar-refractivity contribution in [2.45, 2.75) is 78.2 Å². The fourth-order valence-electron chi connectivity index (χ4n) is 8.30. The fraction of sp³-hybridized carbons (Fsp3) is 0.643. The zero-order valence-electron chi connectivity index (χ0n) is 20.1. The highest BCUT2D eigenvalue weighted by atomic mass is 16.2. The lowest BCUT2D eigenvalue weighted by Gasteiger charge is -2.61. The van der Waals surface area contributed by atoms with E-state index in [1.54, 1.807) is 12.5 Å². The molecule has 1 aromatic carbocycles. The lowest BCUT2D eigenvalue weighted by atomic mass is 9.47. The molecule has 0 spiro atoms. The molecule has 4 aliphatic rings. The van der Waals surface area contributed by atoms with E-state index in [1.807, 2.05) is 19.2 Å². The summed E-state index contributed by atoms with van der Waals surface area (Å²) >= 11 is 0. The highest BCUT2D eigenvalue weighted by molar-refractivity contribution is 5.88. The van der Waals surface area contributed by atoms with E-state index < -0.39 is 0 Å². The van der Waals surface area contributed by atoms with Gasteiger partial charge < -0.3 is 10.2 Å². The first-order valence-electron chi connectivity index (χ1n) is 12.6. The van der Waals surface area contributed by atoms with Crippen molar-refractivity contribution in [1.82, 2.24) is 4.90 Å². The van der Waals surface area contributed by atoms with Gasteiger partial charge >= 0.3 is 0 Å². The molecule has 1 saturated heterocycles. The Morgan fingerprint density at radius 1 is 1.03 bits per heavy atom. The van der Waals surface area contributed by atoms with Gasteiger partial charge in [-0.3, -0.25) is 9.59 Å². The summed E-state index contributed by atoms with van der Waals surface area (Å²) in [5.74, 6) is 2.64. The number of nitrogens with zero attached hydrogens (tertiary/aromatic N) is 1. The first-order valence-corrected chi connectivity index (χ1v) is 12.6. The Morgan fingerprint density at radius 2 is 1.78 bits per heavy atom. The summed E-state index contributed by atoms with van der Waals surface area (Å²) in [6.07, 6.45) is 11.8. The van der Waals surface area contributed by atoms with Crippen LogP contribution in [-0.4, -0.2) is 29.8 Å². The molecule has 0 aromatic heterocycles. The number of amides is 2. The maximum absolute atomic E-state index is 12.4. The standard InChI is InChI=1S/C28H38N2O2/c1-18(31)29-21-8-5-19(6-9-21)17-20-7-11-23-22-10-12-25-28(3,16-14-26(32)30(25)4)24(22)13-15-27(20,23)2/h5-6,8-9,17,22-25H,7,10-16H2,1-4H3,(H,29,31)/t22-,23-,24+,25?,27+,28+/m0/s1. The van der Waals surface area contributed by atoms with Crippen molar-refractivity contribution in [3.8, 4) is 0 Å². The molecule has 5 rings (SSSR count). The molecule has 1 unspecified atom stereocenters. The lowest BCUT2D eigenvalue weighted by Crippen LogP contribution is -2.61. The summed E-state index contributed by atoms with van der Waals surface area (Å²) in [5.41, 5.74) is 4.31. The van der Waals surface area contributed by atoms with Gasteiger partial charge in [0.15, 0.2) is 0 Å². The smallest absolute Gasteiger partial charge is 0.222 e. The Labute approximate surface area is 192 Å². The third-order valence-electron chi connectivity index (χ3n) is 9.98. The van der Waals surface area contributed by atoms with Gasteiger partial charge in [0.2, 0.25) is 11.8 Å². The molecule has 3 saturated carbocycles. The maximum atomic E-state index is 12.4. The normalized spacial score (nSPS) is 39.9. The first-order chi connectivity index (χ1) is 15.2. The van der Waals surface area contributed by atoms with Crippen LogP contribution in [0.1, 0.15) is 77.7 Å². The molecule has 1 aromatic rings. The monoisotopic (exact) mass is 434 g/mol. The van der Waals surface area contributed by atoms with Crippen LogP contribution in [0.15, 0.2) is 29.8 Å². The maximum Gasteiger partial charge on any atom is 0.222 e. The van der Waals surface area contributed by atoms with Gasteiger partial charge in [0.1, 0.15) is 0 Å². The van der Waals surface area contributed by atoms with Crippen LogP contribution >= 0.6 is 0 Å². The van der Waals surface area contributed by atoms with E-state index in [0.717, 1.165) is 36.3 Å². The van der Waals surface area contributed by atoms with E-state index in [1.165, 1.54) is 44.1 Å². The third kappa shape index (κ3) is 3.33. The minimum Gasteiger partial charge on any atom is -0.342 e. The first kappa shape index (κ1) is 21.7. The summed E-state index contributed by atoms with van der Waals surface area (Å²) in [5, 5.41) is 2.86. The Balaban J connectivity index is 1.38. The molecule has 1 heterocycles. The molecular formula is C28H38N2O2. The van der Waals surface area contributed by atoms with Crippen LogP contribution in [-0.2, 0) is 9.59 Å². The van der Waals surface area contributed by atoms with Crippen LogP contribution in [0.5, 0.6) is 0 Å². The van der Waals surface area contributed by atoms with E-state index in [0.29, 0.717) is 22.8 Å². The SMILES string of the molecule is CC(=O)Nc1ccc(C=C2CC[C@H]3[C@@H]4CCC5N(C)C(=O)CC[C@]5(C)[C@@H]4CC[C@]23C)cc1. The molecule has 4 heteroatoms. The van der Waals surface area contributed by atoms with Crippen molar-refractivity contribution in [1.29, 1.82) is 0 Å². The molecule has 0 radical (unpaired) electrons. The van der Waals surface area contributed by atoms with E-state index >= 15 is 0 Å². The second kappa shape index (κ2) is 7.74. The second-order valence-electron chi connectivity index (χ2n) is 11.4. The molecule has 4 fully saturated rings. The van der Waals surface area contributed by atoms with Gasteiger partial charge in [0.25, 0.3) is 0 Å². The summed E-state index contributed by atoms with van der Waals surface area (Å²) < 4.78 is 0. The average molecular weight is 435 g/mol. The van der Waals surface area contributed by atoms with Crippen LogP contribution < -0.4 is 5.32 Å². The number of likely N-dealkylation sites (tertiary alicyclic amines) is 1. The quantitative estimate of drug-likeness (QED) is 0.631. The summed E-state index contributed by atoms with van der Waals surface area (Å²) in [6, 6.07) is 8.70. The highest BCUT2D eigenvalue weighted by Crippen LogP contribution is 2.66. The molecule has 172 valence electrons.